The number of aromatic nitrogens is 1. The molecule has 16 heteroatoms. The number of thiophene rings is 1. The van der Waals surface area contributed by atoms with Crippen LogP contribution in [0.4, 0.5) is 26.3 Å². The van der Waals surface area contributed by atoms with Crippen LogP contribution in [0.2, 0.25) is 0 Å². The number of pyridine rings is 1. The molecule has 0 radical (unpaired) electrons. The van der Waals surface area contributed by atoms with Crippen LogP contribution in [0.15, 0.2) is 54.2 Å². The number of likely N-dealkylation sites (tertiary alicyclic amines) is 2. The number of rotatable bonds is 13. The maximum Gasteiger partial charge on any atom is 0.425 e. The van der Waals surface area contributed by atoms with Crippen molar-refractivity contribution in [2.45, 2.75) is 87.8 Å². The number of carbonyl (C=O) groups is 2. The number of amides is 1. The number of ether oxygens (including phenoxy) is 2. The van der Waals surface area contributed by atoms with E-state index in [4.69, 9.17) is 14.6 Å². The lowest BCUT2D eigenvalue weighted by atomic mass is 9.72. The van der Waals surface area contributed by atoms with Crippen LogP contribution in [0.3, 0.4) is 0 Å². The topological polar surface area (TPSA) is 112 Å². The second kappa shape index (κ2) is 16.0. The molecule has 9 nitrogen and oxygen atoms in total. The van der Waals surface area contributed by atoms with Gasteiger partial charge >= 0.3 is 18.3 Å². The van der Waals surface area contributed by atoms with E-state index in [1.54, 1.807) is 18.2 Å². The van der Waals surface area contributed by atoms with E-state index < -0.39 is 57.4 Å². The Balaban J connectivity index is 1.52. The number of hydrogen-bond acceptors (Lipinski definition) is 8. The molecule has 3 aromatic rings. The number of carboxylic acids is 1. The molecule has 1 amide bonds. The molecule has 2 saturated heterocycles. The Morgan fingerprint density at radius 2 is 1.77 bits per heavy atom. The van der Waals surface area contributed by atoms with Gasteiger partial charge in [-0.05, 0) is 44.2 Å². The highest BCUT2D eigenvalue weighted by Crippen LogP contribution is 2.47. The van der Waals surface area contributed by atoms with Crippen molar-refractivity contribution in [1.29, 1.82) is 0 Å². The fourth-order valence-corrected chi connectivity index (χ4v) is 8.15. The molecule has 284 valence electrons. The van der Waals surface area contributed by atoms with Crippen LogP contribution < -0.4 is 9.47 Å². The van der Waals surface area contributed by atoms with Crippen molar-refractivity contribution in [3.63, 3.8) is 0 Å². The summed E-state index contributed by atoms with van der Waals surface area (Å²) in [5.41, 5.74) is -3.28. The van der Waals surface area contributed by atoms with Gasteiger partial charge in [0.25, 0.3) is 5.91 Å². The van der Waals surface area contributed by atoms with Crippen molar-refractivity contribution in [3.05, 3.63) is 75.7 Å². The lowest BCUT2D eigenvalue weighted by Crippen LogP contribution is -2.70. The van der Waals surface area contributed by atoms with E-state index in [9.17, 15) is 41.0 Å². The summed E-state index contributed by atoms with van der Waals surface area (Å²) in [5.74, 6) is -1.42. The quantitative estimate of drug-likeness (QED) is 0.135. The van der Waals surface area contributed by atoms with Crippen LogP contribution >= 0.6 is 11.3 Å². The maximum atomic E-state index is 14.1. The first-order chi connectivity index (χ1) is 24.6. The molecule has 0 saturated carbocycles. The average molecular weight is 758 g/mol. The minimum Gasteiger partial charge on any atom is -0.493 e. The summed E-state index contributed by atoms with van der Waals surface area (Å²) in [4.78, 5) is 31.3. The Bertz CT molecular complexity index is 1690. The van der Waals surface area contributed by atoms with E-state index >= 15 is 0 Å². The van der Waals surface area contributed by atoms with Crippen molar-refractivity contribution >= 4 is 23.2 Å². The van der Waals surface area contributed by atoms with Gasteiger partial charge in [-0.2, -0.15) is 26.3 Å². The minimum atomic E-state index is -4.83. The summed E-state index contributed by atoms with van der Waals surface area (Å²) in [6, 6.07) is 7.94. The van der Waals surface area contributed by atoms with Gasteiger partial charge < -0.3 is 24.6 Å². The standard InChI is InChI=1S/C36H41F6N3O6S/c1-2-7-29-34(51-24-20-30(52-22-24)36(40,41)42,12-6-16-45(29)32(49)25-21-43-15-11-26(25)35(37,38)39)44-17-13-33(23-46,14-18-44)27-8-3-4-9-28(27)50-19-5-10-31(47)48/h3-4,8-9,11,15,20-22,29,46H,2,5-7,10,12-14,16-19,23H2,1H3,(H,47,48)/t29-,34+/m1/s1. The number of piperidine rings is 2. The van der Waals surface area contributed by atoms with E-state index in [2.05, 4.69) is 4.98 Å². The molecule has 2 fully saturated rings. The third-order valence-electron chi connectivity index (χ3n) is 9.97. The Morgan fingerprint density at radius 3 is 2.40 bits per heavy atom. The zero-order chi connectivity index (χ0) is 37.7. The molecule has 0 aliphatic carbocycles. The summed E-state index contributed by atoms with van der Waals surface area (Å²) in [7, 11) is 0. The lowest BCUT2D eigenvalue weighted by molar-refractivity contribution is -0.169. The van der Waals surface area contributed by atoms with Crippen LogP contribution in [0.1, 0.15) is 84.7 Å². The van der Waals surface area contributed by atoms with Crippen molar-refractivity contribution in [2.75, 3.05) is 32.8 Å². The number of nitrogens with zero attached hydrogens (tertiary/aromatic N) is 3. The molecule has 52 heavy (non-hydrogen) atoms. The van der Waals surface area contributed by atoms with Gasteiger partial charge in [-0.1, -0.05) is 31.5 Å². The lowest BCUT2D eigenvalue weighted by Gasteiger charge is -2.57. The molecule has 2 atom stereocenters. The van der Waals surface area contributed by atoms with Gasteiger partial charge in [-0.25, -0.2) is 0 Å². The number of para-hydroxylation sites is 1. The Morgan fingerprint density at radius 1 is 1.04 bits per heavy atom. The van der Waals surface area contributed by atoms with Crippen LogP contribution in [-0.2, 0) is 22.6 Å². The fourth-order valence-electron chi connectivity index (χ4n) is 7.47. The van der Waals surface area contributed by atoms with Gasteiger partial charge in [0.15, 0.2) is 5.72 Å². The normalized spacial score (nSPS) is 21.2. The second-order valence-corrected chi connectivity index (χ2v) is 14.1. The van der Waals surface area contributed by atoms with Gasteiger partial charge in [0.2, 0.25) is 0 Å². The summed E-state index contributed by atoms with van der Waals surface area (Å²) < 4.78 is 95.9. The molecule has 2 aromatic heterocycles. The van der Waals surface area contributed by atoms with E-state index in [0.29, 0.717) is 42.8 Å². The highest BCUT2D eigenvalue weighted by Gasteiger charge is 2.55. The highest BCUT2D eigenvalue weighted by molar-refractivity contribution is 7.10. The van der Waals surface area contributed by atoms with Crippen molar-refractivity contribution in [3.8, 4) is 11.5 Å². The molecular formula is C36H41F6N3O6S. The summed E-state index contributed by atoms with van der Waals surface area (Å²) in [5, 5.41) is 21.1. The molecule has 2 N–H and O–H groups in total. The fraction of sp³-hybridized carbons (Fsp3) is 0.528. The minimum absolute atomic E-state index is 0.0656. The second-order valence-electron chi connectivity index (χ2n) is 13.2. The third-order valence-corrected chi connectivity index (χ3v) is 10.9. The zero-order valence-electron chi connectivity index (χ0n) is 28.5. The first kappa shape index (κ1) is 39.3. The first-order valence-corrected chi connectivity index (χ1v) is 18.0. The average Bonchev–Trinajstić information content (AvgIpc) is 3.60. The van der Waals surface area contributed by atoms with Gasteiger partial charge in [-0.15, -0.1) is 11.3 Å². The number of aliphatic carboxylic acids is 1. The van der Waals surface area contributed by atoms with Gasteiger partial charge in [0.1, 0.15) is 16.4 Å². The number of alkyl halides is 6. The molecule has 2 aliphatic heterocycles. The van der Waals surface area contributed by atoms with Crippen molar-refractivity contribution < 1.29 is 55.6 Å². The van der Waals surface area contributed by atoms with E-state index in [-0.39, 0.29) is 64.3 Å². The zero-order valence-corrected chi connectivity index (χ0v) is 29.3. The number of benzene rings is 1. The van der Waals surface area contributed by atoms with E-state index in [0.717, 1.165) is 30.1 Å². The molecule has 5 rings (SSSR count). The molecule has 4 heterocycles. The number of halogens is 6. The number of hydrogen-bond donors (Lipinski definition) is 2. The largest absolute Gasteiger partial charge is 0.493 e. The van der Waals surface area contributed by atoms with Crippen LogP contribution in [0, 0.1) is 0 Å². The smallest absolute Gasteiger partial charge is 0.425 e. The van der Waals surface area contributed by atoms with Crippen LogP contribution in [0.25, 0.3) is 0 Å². The highest BCUT2D eigenvalue weighted by atomic mass is 32.1. The monoisotopic (exact) mass is 757 g/mol. The van der Waals surface area contributed by atoms with Crippen LogP contribution in [-0.4, -0.2) is 81.5 Å². The SMILES string of the molecule is CCC[C@H]1N(C(=O)c2cnccc2C(F)(F)F)CCC[C@@]1(Oc1csc(C(F)(F)F)c1)N1CCC(CO)(c2ccccc2OCCCC(=O)O)CC1. The molecule has 0 spiro atoms. The van der Waals surface area contributed by atoms with Crippen molar-refractivity contribution in [1.82, 2.24) is 14.8 Å². The number of carboxylic acid groups (broad SMARTS) is 1. The molecule has 0 bridgehead atoms. The predicted octanol–water partition coefficient (Wildman–Crippen LogP) is 7.63. The summed E-state index contributed by atoms with van der Waals surface area (Å²) in [6.45, 7) is 2.33. The van der Waals surface area contributed by atoms with E-state index in [1.807, 2.05) is 17.9 Å². The van der Waals surface area contributed by atoms with Gasteiger partial charge in [-0.3, -0.25) is 19.5 Å². The Kier molecular flexibility index (Phi) is 12.1. The molecular weight excluding hydrogens is 716 g/mol. The van der Waals surface area contributed by atoms with E-state index in [1.165, 1.54) is 10.3 Å². The Labute approximate surface area is 301 Å². The first-order valence-electron chi connectivity index (χ1n) is 17.1. The van der Waals surface area contributed by atoms with Crippen LogP contribution in [0.5, 0.6) is 11.5 Å². The predicted molar refractivity (Wildman–Crippen MR) is 179 cm³/mol. The van der Waals surface area contributed by atoms with Gasteiger partial charge in [0.05, 0.1) is 30.4 Å². The third kappa shape index (κ3) is 8.33. The maximum absolute atomic E-state index is 14.1. The number of aliphatic hydroxyl groups is 1. The number of carbonyl (C=O) groups excluding carboxylic acids is 1. The van der Waals surface area contributed by atoms with Crippen molar-refractivity contribution in [2.24, 2.45) is 0 Å². The molecule has 1 aromatic carbocycles. The summed E-state index contributed by atoms with van der Waals surface area (Å²) in [6.07, 6.45) is -5.40. The Hall–Kier alpha value is -3.89. The molecule has 2 aliphatic rings. The summed E-state index contributed by atoms with van der Waals surface area (Å²) >= 11 is 0.464. The molecule has 0 unspecified atom stereocenters. The number of aliphatic hydroxyl groups excluding tert-OH is 1. The van der Waals surface area contributed by atoms with Gasteiger partial charge in [0, 0.05) is 67.3 Å².